The summed E-state index contributed by atoms with van der Waals surface area (Å²) in [5.41, 5.74) is 3.53. The molecule has 0 radical (unpaired) electrons. The smallest absolute Gasteiger partial charge is 0.265 e. The maximum Gasteiger partial charge on any atom is 0.265 e. The minimum Gasteiger partial charge on any atom is -0.378 e. The summed E-state index contributed by atoms with van der Waals surface area (Å²) in [6.07, 6.45) is 0. The van der Waals surface area contributed by atoms with E-state index in [4.69, 9.17) is 16.3 Å². The summed E-state index contributed by atoms with van der Waals surface area (Å²) in [6, 6.07) is 17.5. The van der Waals surface area contributed by atoms with E-state index in [0.29, 0.717) is 41.9 Å². The Labute approximate surface area is 207 Å². The Morgan fingerprint density at radius 2 is 1.82 bits per heavy atom. The molecule has 34 heavy (non-hydrogen) atoms. The molecule has 2 N–H and O–H groups in total. The molecule has 2 fully saturated rings. The van der Waals surface area contributed by atoms with Gasteiger partial charge in [-0.25, -0.2) is 0 Å². The van der Waals surface area contributed by atoms with E-state index < -0.39 is 0 Å². The maximum absolute atomic E-state index is 13.2. The van der Waals surface area contributed by atoms with Crippen LogP contribution >= 0.6 is 22.9 Å². The van der Waals surface area contributed by atoms with Gasteiger partial charge in [0, 0.05) is 37.4 Å². The van der Waals surface area contributed by atoms with Crippen molar-refractivity contribution in [3.63, 3.8) is 0 Å². The van der Waals surface area contributed by atoms with Gasteiger partial charge in [0.15, 0.2) is 0 Å². The molecule has 0 unspecified atom stereocenters. The predicted molar refractivity (Wildman–Crippen MR) is 137 cm³/mol. The third kappa shape index (κ3) is 4.89. The second kappa shape index (κ2) is 10.0. The summed E-state index contributed by atoms with van der Waals surface area (Å²) in [6.45, 7) is 4.50. The lowest BCUT2D eigenvalue weighted by Gasteiger charge is -2.29. The van der Waals surface area contributed by atoms with Crippen molar-refractivity contribution in [1.29, 1.82) is 0 Å². The minimum atomic E-state index is -0.178. The zero-order valence-corrected chi connectivity index (χ0v) is 20.1. The molecule has 7 nitrogen and oxygen atoms in total. The lowest BCUT2D eigenvalue weighted by Crippen LogP contribution is -2.47. The Kier molecular flexibility index (Phi) is 6.71. The van der Waals surface area contributed by atoms with Crippen LogP contribution in [-0.4, -0.2) is 57.8 Å². The first-order valence-corrected chi connectivity index (χ1v) is 12.4. The Morgan fingerprint density at radius 3 is 2.56 bits per heavy atom. The summed E-state index contributed by atoms with van der Waals surface area (Å²) in [4.78, 5) is 29.8. The Morgan fingerprint density at radius 1 is 1.03 bits per heavy atom. The molecule has 3 heterocycles. The number of carbonyl (C=O) groups is 2. The van der Waals surface area contributed by atoms with Crippen molar-refractivity contribution in [3.05, 3.63) is 64.5 Å². The van der Waals surface area contributed by atoms with Crippen molar-refractivity contribution in [2.75, 3.05) is 61.1 Å². The average molecular weight is 497 g/mol. The molecule has 3 aromatic rings. The van der Waals surface area contributed by atoms with Crippen molar-refractivity contribution >= 4 is 51.1 Å². The van der Waals surface area contributed by atoms with Gasteiger partial charge in [0.2, 0.25) is 5.91 Å². The Bertz CT molecular complexity index is 1190. The molecule has 176 valence electrons. The number of halogens is 1. The van der Waals surface area contributed by atoms with Crippen molar-refractivity contribution in [1.82, 2.24) is 5.32 Å². The predicted octanol–water partition coefficient (Wildman–Crippen LogP) is 4.09. The number of hydrogen-bond donors (Lipinski definition) is 2. The highest BCUT2D eigenvalue weighted by atomic mass is 35.5. The quantitative estimate of drug-likeness (QED) is 0.556. The van der Waals surface area contributed by atoms with Gasteiger partial charge in [0.1, 0.15) is 0 Å². The number of amides is 2. The van der Waals surface area contributed by atoms with Crippen LogP contribution in [0, 0.1) is 0 Å². The third-order valence-electron chi connectivity index (χ3n) is 5.90. The third-order valence-corrected chi connectivity index (χ3v) is 7.40. The number of anilines is 3. The molecule has 2 amide bonds. The summed E-state index contributed by atoms with van der Waals surface area (Å²) in [5.74, 6) is -0.203. The largest absolute Gasteiger partial charge is 0.378 e. The molecule has 0 atom stereocenters. The highest BCUT2D eigenvalue weighted by Gasteiger charge is 2.23. The molecular weight excluding hydrogens is 472 g/mol. The summed E-state index contributed by atoms with van der Waals surface area (Å²) in [5, 5.41) is 7.37. The van der Waals surface area contributed by atoms with Crippen molar-refractivity contribution < 1.29 is 14.3 Å². The van der Waals surface area contributed by atoms with E-state index in [2.05, 4.69) is 27.7 Å². The lowest BCUT2D eigenvalue weighted by molar-refractivity contribution is -0.120. The fourth-order valence-corrected chi connectivity index (χ4v) is 5.62. The van der Waals surface area contributed by atoms with Crippen LogP contribution < -0.4 is 20.4 Å². The summed E-state index contributed by atoms with van der Waals surface area (Å²) < 4.78 is 5.52. The second-order valence-electron chi connectivity index (χ2n) is 8.19. The molecule has 0 bridgehead atoms. The maximum atomic E-state index is 13.2. The molecule has 2 saturated heterocycles. The number of thiophene rings is 1. The van der Waals surface area contributed by atoms with E-state index >= 15 is 0 Å². The van der Waals surface area contributed by atoms with E-state index in [-0.39, 0.29) is 18.4 Å². The number of morpholine rings is 1. The first kappa shape index (κ1) is 22.7. The molecule has 5 rings (SSSR count). The van der Waals surface area contributed by atoms with Crippen LogP contribution in [0.3, 0.4) is 0 Å². The zero-order valence-electron chi connectivity index (χ0n) is 18.6. The Balaban J connectivity index is 1.38. The number of carbonyl (C=O) groups excluding carboxylic acids is 2. The highest BCUT2D eigenvalue weighted by Crippen LogP contribution is 2.40. The zero-order chi connectivity index (χ0) is 23.5. The van der Waals surface area contributed by atoms with Crippen LogP contribution in [-0.2, 0) is 9.53 Å². The van der Waals surface area contributed by atoms with Gasteiger partial charge < -0.3 is 25.2 Å². The van der Waals surface area contributed by atoms with Gasteiger partial charge >= 0.3 is 0 Å². The highest BCUT2D eigenvalue weighted by molar-refractivity contribution is 7.18. The standard InChI is InChI=1S/C25H25ClN4O3S/c26-20-14-18(6-7-21(20)30-9-8-27-23(31)16-30)28-24(32)22-15-19(17-4-2-1-3-5-17)25(34-22)29-10-12-33-13-11-29/h1-7,14-15H,8-13,16H2,(H,27,31)(H,28,32). The number of ether oxygens (including phenoxy) is 1. The van der Waals surface area contributed by atoms with Gasteiger partial charge in [-0.3, -0.25) is 9.59 Å². The van der Waals surface area contributed by atoms with Crippen LogP contribution in [0.15, 0.2) is 54.6 Å². The normalized spacial score (nSPS) is 16.3. The SMILES string of the molecule is O=C1CN(c2ccc(NC(=O)c3cc(-c4ccccc4)c(N4CCOCC4)s3)cc2Cl)CCN1. The molecule has 2 aliphatic heterocycles. The fourth-order valence-electron chi connectivity index (χ4n) is 4.20. The van der Waals surface area contributed by atoms with E-state index in [0.717, 1.165) is 34.9 Å². The van der Waals surface area contributed by atoms with Gasteiger partial charge in [-0.05, 0) is 29.8 Å². The van der Waals surface area contributed by atoms with E-state index in [1.165, 1.54) is 11.3 Å². The van der Waals surface area contributed by atoms with Crippen LogP contribution in [0.25, 0.3) is 11.1 Å². The number of nitrogens with one attached hydrogen (secondary N) is 2. The summed E-state index contributed by atoms with van der Waals surface area (Å²) >= 11 is 8.00. The molecule has 0 spiro atoms. The molecule has 9 heteroatoms. The minimum absolute atomic E-state index is 0.0253. The molecule has 0 aliphatic carbocycles. The molecule has 2 aromatic carbocycles. The van der Waals surface area contributed by atoms with Crippen LogP contribution in [0.2, 0.25) is 5.02 Å². The number of nitrogens with zero attached hydrogens (tertiary/aromatic N) is 2. The first-order valence-electron chi connectivity index (χ1n) is 11.2. The second-order valence-corrected chi connectivity index (χ2v) is 9.62. The van der Waals surface area contributed by atoms with Gasteiger partial charge in [-0.1, -0.05) is 41.9 Å². The van der Waals surface area contributed by atoms with Crippen molar-refractivity contribution in [2.24, 2.45) is 0 Å². The van der Waals surface area contributed by atoms with E-state index in [1.54, 1.807) is 6.07 Å². The monoisotopic (exact) mass is 496 g/mol. The molecule has 2 aliphatic rings. The number of benzene rings is 2. The van der Waals surface area contributed by atoms with Crippen LogP contribution in [0.5, 0.6) is 0 Å². The lowest BCUT2D eigenvalue weighted by atomic mass is 10.1. The molecule has 0 saturated carbocycles. The van der Waals surface area contributed by atoms with Crippen LogP contribution in [0.4, 0.5) is 16.4 Å². The first-order chi connectivity index (χ1) is 16.6. The van der Waals surface area contributed by atoms with Gasteiger partial charge in [-0.2, -0.15) is 0 Å². The van der Waals surface area contributed by atoms with Gasteiger partial charge in [-0.15, -0.1) is 11.3 Å². The number of rotatable bonds is 5. The van der Waals surface area contributed by atoms with E-state index in [9.17, 15) is 9.59 Å². The van der Waals surface area contributed by atoms with Gasteiger partial charge in [0.05, 0.1) is 40.3 Å². The van der Waals surface area contributed by atoms with Crippen LogP contribution in [0.1, 0.15) is 9.67 Å². The molecule has 1 aromatic heterocycles. The van der Waals surface area contributed by atoms with Crippen molar-refractivity contribution in [2.45, 2.75) is 0 Å². The molecular formula is C25H25ClN4O3S. The average Bonchev–Trinajstić information content (AvgIpc) is 3.31. The fraction of sp³-hybridized carbons (Fsp3) is 0.280. The van der Waals surface area contributed by atoms with Gasteiger partial charge in [0.25, 0.3) is 5.91 Å². The topological polar surface area (TPSA) is 73.9 Å². The number of piperazine rings is 1. The van der Waals surface area contributed by atoms with Crippen molar-refractivity contribution in [3.8, 4) is 11.1 Å². The summed E-state index contributed by atoms with van der Waals surface area (Å²) in [7, 11) is 0. The Hall–Kier alpha value is -3.07. The van der Waals surface area contributed by atoms with E-state index in [1.807, 2.05) is 41.3 Å². The number of hydrogen-bond acceptors (Lipinski definition) is 6.